The topological polar surface area (TPSA) is 103 Å². The first-order valence-corrected chi connectivity index (χ1v) is 4.36. The van der Waals surface area contributed by atoms with Crippen molar-refractivity contribution in [2.45, 2.75) is 3.79 Å². The summed E-state index contributed by atoms with van der Waals surface area (Å²) in [6, 6.07) is 0. The number of rotatable bonds is 0. The van der Waals surface area contributed by atoms with Gasteiger partial charge in [0, 0.05) is 47.8 Å². The molecule has 19 heavy (non-hydrogen) atoms. The van der Waals surface area contributed by atoms with Crippen molar-refractivity contribution in [2.24, 2.45) is 0 Å². The molecule has 0 bridgehead atoms. The first-order valence-electron chi connectivity index (χ1n) is 3.23. The second kappa shape index (κ2) is 62.0. The molecule has 0 aliphatic rings. The van der Waals surface area contributed by atoms with Gasteiger partial charge >= 0.3 is 0 Å². The molecule has 0 saturated carbocycles. The Hall–Kier alpha value is 0.817. The van der Waals surface area contributed by atoms with E-state index in [9.17, 15) is 9.90 Å². The number of alkyl halides is 3. The molecule has 4 nitrogen and oxygen atoms in total. The third-order valence-corrected chi connectivity index (χ3v) is 0.694. The van der Waals surface area contributed by atoms with Gasteiger partial charge in [0.05, 0.1) is 5.97 Å². The molecule has 0 atom stereocenters. The molecule has 4 N–H and O–H groups in total. The number of carboxylic acids is 1. The van der Waals surface area contributed by atoms with Crippen LogP contribution in [0.3, 0.4) is 0 Å². The first kappa shape index (κ1) is 60.0. The Morgan fingerprint density at radius 1 is 0.737 bits per heavy atom. The van der Waals surface area contributed by atoms with Crippen molar-refractivity contribution in [1.82, 2.24) is 0 Å². The van der Waals surface area contributed by atoms with Crippen LogP contribution in [0.2, 0.25) is 0 Å². The zero-order valence-electron chi connectivity index (χ0n) is 10.6. The summed E-state index contributed by atoms with van der Waals surface area (Å²) in [5.41, 5.74) is 0. The van der Waals surface area contributed by atoms with Crippen molar-refractivity contribution in [3.05, 3.63) is 52.6 Å². The van der Waals surface area contributed by atoms with E-state index < -0.39 is 9.76 Å². The summed E-state index contributed by atoms with van der Waals surface area (Å²) in [5, 5.41) is 9.51. The van der Waals surface area contributed by atoms with Crippen LogP contribution in [0.15, 0.2) is 52.6 Å². The van der Waals surface area contributed by atoms with Gasteiger partial charge < -0.3 is 20.9 Å². The molecule has 0 aliphatic carbocycles. The van der Waals surface area contributed by atoms with E-state index in [-0.39, 0.29) is 58.8 Å². The molecule has 0 spiro atoms. The van der Waals surface area contributed by atoms with Crippen molar-refractivity contribution in [2.75, 3.05) is 0 Å². The number of halogens is 3. The van der Waals surface area contributed by atoms with Gasteiger partial charge in [-0.1, -0.05) is 34.8 Å². The van der Waals surface area contributed by atoms with Crippen LogP contribution in [0, 0.1) is 0 Å². The van der Waals surface area contributed by atoms with Crippen LogP contribution in [-0.2, 0) is 4.79 Å². The average Bonchev–Trinajstić information content (AvgIpc) is 2.28. The van der Waals surface area contributed by atoms with Gasteiger partial charge in [-0.15, -0.1) is 52.6 Å². The van der Waals surface area contributed by atoms with Gasteiger partial charge in [-0.25, -0.2) is 0 Å². The Balaban J connectivity index is -0.0000000105. The van der Waals surface area contributed by atoms with E-state index in [2.05, 4.69) is 52.6 Å². The summed E-state index contributed by atoms with van der Waals surface area (Å²) in [6.07, 6.45) is 0. The number of carbonyl (C=O) groups excluding carboxylic acids is 1. The van der Waals surface area contributed by atoms with Crippen LogP contribution in [0.1, 0.15) is 0 Å². The minimum atomic E-state index is -2.28. The molecule has 8 radical (unpaired) electrons. The van der Waals surface area contributed by atoms with Gasteiger partial charge in [0.25, 0.3) is 0 Å². The predicted octanol–water partition coefficient (Wildman–Crippen LogP) is 0.904. The van der Waals surface area contributed by atoms with E-state index >= 15 is 0 Å². The van der Waals surface area contributed by atoms with E-state index in [1.54, 1.807) is 0 Å². The quantitative estimate of drug-likeness (QED) is 0.255. The summed E-state index contributed by atoms with van der Waals surface area (Å²) in [7, 11) is 0. The maximum absolute atomic E-state index is 9.51. The van der Waals surface area contributed by atoms with Gasteiger partial charge in [0.2, 0.25) is 3.79 Å². The molecule has 0 heterocycles. The normalized spacial score (nSPS) is 5.00. The van der Waals surface area contributed by atoms with Crippen molar-refractivity contribution < 1.29 is 20.9 Å². The van der Waals surface area contributed by atoms with E-state index in [1.165, 1.54) is 0 Å². The molecule has 0 aromatic rings. The molecule has 0 unspecified atom stereocenters. The van der Waals surface area contributed by atoms with E-state index in [0.29, 0.717) is 0 Å². The van der Waals surface area contributed by atoms with E-state index in [1.807, 2.05) is 0 Å². The molecule has 114 valence electrons. The second-order valence-electron chi connectivity index (χ2n) is 0.785. The molecule has 0 aromatic carbocycles. The van der Waals surface area contributed by atoms with Gasteiger partial charge in [-0.2, -0.15) is 0 Å². The molecule has 0 fully saturated rings. The summed E-state index contributed by atoms with van der Waals surface area (Å²) >= 11 is 14.2. The molecular weight excluding hydrogens is 528 g/mol. The van der Waals surface area contributed by atoms with Gasteiger partial charge in [0.1, 0.15) is 0 Å². The van der Waals surface area contributed by atoms with Crippen LogP contribution >= 0.6 is 34.8 Å². The molecule has 0 aliphatic heterocycles. The van der Waals surface area contributed by atoms with Crippen LogP contribution < -0.4 is 5.11 Å². The Morgan fingerprint density at radius 2 is 0.789 bits per heavy atom. The van der Waals surface area contributed by atoms with E-state index in [0.717, 1.165) is 0 Å². The Morgan fingerprint density at radius 3 is 0.789 bits per heavy atom. The third-order valence-electron chi connectivity index (χ3n) is 0.231. The fourth-order valence-corrected chi connectivity index (χ4v) is 0. The average molecular weight is 548 g/mol. The summed E-state index contributed by atoms with van der Waals surface area (Å²) < 4.78 is -2.28. The summed E-state index contributed by atoms with van der Waals surface area (Å²) in [5.74, 6) is -1.71. The standard InChI is InChI=1S/C2HCl3O2.4C2H4.2H2O.2Sn/c3-2(4,5)1(6)7;4*1-2;;;;/h(H,6,7);4*1-2H2;2*1H2;;/p-1. The molecule has 0 aromatic heterocycles. The van der Waals surface area contributed by atoms with Crippen LogP contribution in [-0.4, -0.2) is 68.5 Å². The summed E-state index contributed by atoms with van der Waals surface area (Å²) in [4.78, 5) is 9.51. The Bertz CT molecular complexity index is 139. The molecular formula is C10H20Cl3O4Sn2-. The zero-order chi connectivity index (χ0) is 14.1. The molecule has 0 amide bonds. The number of aliphatic carboxylic acids is 1. The third kappa shape index (κ3) is 115. The fraction of sp³-hybridized carbons (Fsp3) is 0.100. The molecule has 9 heteroatoms. The Kier molecular flexibility index (Phi) is 196. The van der Waals surface area contributed by atoms with Gasteiger partial charge in [-0.3, -0.25) is 0 Å². The summed E-state index contributed by atoms with van der Waals surface area (Å²) in [6.45, 7) is 24.0. The fourth-order valence-electron chi connectivity index (χ4n) is 0. The van der Waals surface area contributed by atoms with Crippen LogP contribution in [0.5, 0.6) is 0 Å². The SMILES string of the molecule is C=C.C=C.C=C.C=C.O.O.O=C([O-])C(Cl)(Cl)Cl.[Sn].[Sn]. The van der Waals surface area contributed by atoms with Crippen molar-refractivity contribution in [3.8, 4) is 0 Å². The molecule has 0 rings (SSSR count). The van der Waals surface area contributed by atoms with Gasteiger partial charge in [0.15, 0.2) is 0 Å². The minimum Gasteiger partial charge on any atom is -0.545 e. The monoisotopic (exact) mass is 549 g/mol. The van der Waals surface area contributed by atoms with Crippen molar-refractivity contribution in [1.29, 1.82) is 0 Å². The van der Waals surface area contributed by atoms with Crippen LogP contribution in [0.4, 0.5) is 0 Å². The number of hydrogen-bond acceptors (Lipinski definition) is 2. The smallest absolute Gasteiger partial charge is 0.230 e. The van der Waals surface area contributed by atoms with Gasteiger partial charge in [-0.05, 0) is 0 Å². The van der Waals surface area contributed by atoms with Crippen LogP contribution in [0.25, 0.3) is 0 Å². The number of hydrogen-bond donors (Lipinski definition) is 0. The maximum Gasteiger partial charge on any atom is 0.230 e. The Labute approximate surface area is 164 Å². The zero-order valence-corrected chi connectivity index (χ0v) is 18.6. The van der Waals surface area contributed by atoms with Crippen molar-refractivity contribution >= 4 is 88.6 Å². The first-order chi connectivity index (χ1) is 6.94. The predicted molar refractivity (Wildman–Crippen MR) is 89.0 cm³/mol. The largest absolute Gasteiger partial charge is 0.545 e. The molecule has 0 saturated heterocycles. The van der Waals surface area contributed by atoms with E-state index in [4.69, 9.17) is 34.8 Å². The minimum absolute atomic E-state index is 0. The van der Waals surface area contributed by atoms with Crippen molar-refractivity contribution in [3.63, 3.8) is 0 Å². The number of carbonyl (C=O) groups is 1. The second-order valence-corrected chi connectivity index (χ2v) is 3.07. The number of carboxylic acid groups (broad SMARTS) is 1. The maximum atomic E-state index is 9.51.